The molecule has 24 heavy (non-hydrogen) atoms. The van der Waals surface area contributed by atoms with E-state index in [1.807, 2.05) is 0 Å². The summed E-state index contributed by atoms with van der Waals surface area (Å²) in [7, 11) is 0. The van der Waals surface area contributed by atoms with Gasteiger partial charge in [-0.15, -0.1) is 0 Å². The number of nitrogens with one attached hydrogen (secondary N) is 1. The van der Waals surface area contributed by atoms with Crippen LogP contribution < -0.4 is 10.1 Å². The van der Waals surface area contributed by atoms with Gasteiger partial charge in [-0.1, -0.05) is 83.4 Å². The predicted octanol–water partition coefficient (Wildman–Crippen LogP) is 6.66. The summed E-state index contributed by atoms with van der Waals surface area (Å²) in [5.74, 6) is 1.06. The molecule has 0 amide bonds. The molecule has 2 nitrogen and oxygen atoms in total. The maximum atomic E-state index is 6.07. The molecular weight excluding hydrogens is 294 g/mol. The first kappa shape index (κ1) is 21.0. The number of ether oxygens (including phenoxy) is 1. The van der Waals surface area contributed by atoms with E-state index in [1.165, 1.54) is 63.4 Å². The van der Waals surface area contributed by atoms with Crippen LogP contribution in [-0.2, 0) is 0 Å². The van der Waals surface area contributed by atoms with Crippen molar-refractivity contribution in [3.63, 3.8) is 0 Å². The van der Waals surface area contributed by atoms with Crippen molar-refractivity contribution in [2.75, 3.05) is 13.2 Å². The monoisotopic (exact) mass is 333 g/mol. The maximum Gasteiger partial charge on any atom is 0.124 e. The van der Waals surface area contributed by atoms with Gasteiger partial charge in [-0.25, -0.2) is 0 Å². The van der Waals surface area contributed by atoms with E-state index in [2.05, 4.69) is 50.4 Å². The van der Waals surface area contributed by atoms with Crippen LogP contribution in [0.3, 0.4) is 0 Å². The number of unbranched alkanes of at least 4 members (excludes halogenated alkanes) is 8. The van der Waals surface area contributed by atoms with Crippen molar-refractivity contribution in [1.29, 1.82) is 0 Å². The third kappa shape index (κ3) is 9.32. The minimum absolute atomic E-state index is 0.354. The van der Waals surface area contributed by atoms with Crippen molar-refractivity contribution in [2.24, 2.45) is 0 Å². The van der Waals surface area contributed by atoms with Gasteiger partial charge in [-0.05, 0) is 32.4 Å². The summed E-state index contributed by atoms with van der Waals surface area (Å²) in [5.41, 5.74) is 1.29. The number of para-hydroxylation sites is 1. The van der Waals surface area contributed by atoms with E-state index in [9.17, 15) is 0 Å². The fourth-order valence-corrected chi connectivity index (χ4v) is 3.01. The van der Waals surface area contributed by atoms with E-state index >= 15 is 0 Å². The lowest BCUT2D eigenvalue weighted by Crippen LogP contribution is -2.20. The standard InChI is InChI=1S/C22H39NO/c1-4-6-8-10-11-15-19-24-22-17-13-12-16-21(22)20(3)23-18-14-9-7-5-2/h12-13,16-17,20,23H,4-11,14-15,18-19H2,1-3H3. The lowest BCUT2D eigenvalue weighted by molar-refractivity contribution is 0.298. The van der Waals surface area contributed by atoms with Gasteiger partial charge in [0.15, 0.2) is 0 Å². The maximum absolute atomic E-state index is 6.07. The lowest BCUT2D eigenvalue weighted by Gasteiger charge is -2.18. The SMILES string of the molecule is CCCCCCCCOc1ccccc1C(C)NCCCCCC. The Morgan fingerprint density at radius 3 is 2.21 bits per heavy atom. The molecule has 2 heteroatoms. The molecule has 1 N–H and O–H groups in total. The van der Waals surface area contributed by atoms with Crippen LogP contribution in [0, 0.1) is 0 Å². The molecule has 0 fully saturated rings. The van der Waals surface area contributed by atoms with E-state index in [1.54, 1.807) is 0 Å². The highest BCUT2D eigenvalue weighted by atomic mass is 16.5. The van der Waals surface area contributed by atoms with Crippen LogP contribution in [-0.4, -0.2) is 13.2 Å². The Kier molecular flexibility index (Phi) is 12.6. The number of hydrogen-bond donors (Lipinski definition) is 1. The summed E-state index contributed by atoms with van der Waals surface area (Å²) >= 11 is 0. The Morgan fingerprint density at radius 2 is 1.46 bits per heavy atom. The zero-order valence-electron chi connectivity index (χ0n) is 16.3. The molecule has 1 unspecified atom stereocenters. The molecule has 0 spiro atoms. The number of hydrogen-bond acceptors (Lipinski definition) is 2. The van der Waals surface area contributed by atoms with Gasteiger partial charge >= 0.3 is 0 Å². The number of rotatable bonds is 15. The molecule has 0 aromatic heterocycles. The zero-order valence-corrected chi connectivity index (χ0v) is 16.3. The molecule has 1 atom stereocenters. The third-order valence-corrected chi connectivity index (χ3v) is 4.62. The van der Waals surface area contributed by atoms with Crippen molar-refractivity contribution in [3.8, 4) is 5.75 Å². The van der Waals surface area contributed by atoms with E-state index in [-0.39, 0.29) is 0 Å². The van der Waals surface area contributed by atoms with Gasteiger partial charge in [0.25, 0.3) is 0 Å². The minimum atomic E-state index is 0.354. The van der Waals surface area contributed by atoms with Gasteiger partial charge in [-0.3, -0.25) is 0 Å². The van der Waals surface area contributed by atoms with Crippen LogP contribution >= 0.6 is 0 Å². The van der Waals surface area contributed by atoms with Gasteiger partial charge in [0.1, 0.15) is 5.75 Å². The molecule has 138 valence electrons. The molecule has 1 aromatic rings. The predicted molar refractivity (Wildman–Crippen MR) is 106 cm³/mol. The molecule has 0 radical (unpaired) electrons. The molecule has 1 rings (SSSR count). The fourth-order valence-electron chi connectivity index (χ4n) is 3.01. The van der Waals surface area contributed by atoms with Crippen molar-refractivity contribution in [2.45, 2.75) is 91.0 Å². The smallest absolute Gasteiger partial charge is 0.124 e. The first-order valence-corrected chi connectivity index (χ1v) is 10.2. The molecule has 0 aliphatic heterocycles. The van der Waals surface area contributed by atoms with Gasteiger partial charge in [0.05, 0.1) is 6.61 Å². The lowest BCUT2D eigenvalue weighted by atomic mass is 10.1. The summed E-state index contributed by atoms with van der Waals surface area (Å²) in [5, 5.41) is 3.64. The molecule has 0 aliphatic rings. The van der Waals surface area contributed by atoms with Crippen LogP contribution in [0.1, 0.15) is 96.6 Å². The van der Waals surface area contributed by atoms with Gasteiger partial charge in [0.2, 0.25) is 0 Å². The number of benzene rings is 1. The molecule has 0 aliphatic carbocycles. The summed E-state index contributed by atoms with van der Waals surface area (Å²) in [6, 6.07) is 8.85. The van der Waals surface area contributed by atoms with E-state index in [4.69, 9.17) is 4.74 Å². The second-order valence-electron chi connectivity index (χ2n) is 6.89. The van der Waals surface area contributed by atoms with Crippen molar-refractivity contribution in [3.05, 3.63) is 29.8 Å². The Bertz CT molecular complexity index is 405. The zero-order chi connectivity index (χ0) is 17.5. The normalized spacial score (nSPS) is 12.3. The molecular formula is C22H39NO. The third-order valence-electron chi connectivity index (χ3n) is 4.62. The fraction of sp³-hybridized carbons (Fsp3) is 0.727. The quantitative estimate of drug-likeness (QED) is 0.362. The topological polar surface area (TPSA) is 21.3 Å². The average molecular weight is 334 g/mol. The van der Waals surface area contributed by atoms with Gasteiger partial charge < -0.3 is 10.1 Å². The summed E-state index contributed by atoms with van der Waals surface area (Å²) < 4.78 is 6.07. The Morgan fingerprint density at radius 1 is 0.833 bits per heavy atom. The molecule has 0 heterocycles. The van der Waals surface area contributed by atoms with E-state index in [0.717, 1.165) is 25.3 Å². The first-order valence-electron chi connectivity index (χ1n) is 10.2. The minimum Gasteiger partial charge on any atom is -0.493 e. The second kappa shape index (κ2) is 14.3. The Labute approximate surface area is 150 Å². The van der Waals surface area contributed by atoms with Crippen LogP contribution in [0.4, 0.5) is 0 Å². The van der Waals surface area contributed by atoms with Gasteiger partial charge in [0, 0.05) is 11.6 Å². The highest BCUT2D eigenvalue weighted by molar-refractivity contribution is 5.35. The summed E-state index contributed by atoms with van der Waals surface area (Å²) in [6.45, 7) is 8.69. The average Bonchev–Trinajstić information content (AvgIpc) is 2.61. The summed E-state index contributed by atoms with van der Waals surface area (Å²) in [6.07, 6.45) is 13.1. The van der Waals surface area contributed by atoms with Crippen molar-refractivity contribution < 1.29 is 4.74 Å². The van der Waals surface area contributed by atoms with Crippen LogP contribution in [0.25, 0.3) is 0 Å². The molecule has 1 aromatic carbocycles. The molecule has 0 saturated heterocycles. The highest BCUT2D eigenvalue weighted by Gasteiger charge is 2.10. The van der Waals surface area contributed by atoms with Crippen LogP contribution in [0.5, 0.6) is 5.75 Å². The highest BCUT2D eigenvalue weighted by Crippen LogP contribution is 2.25. The molecule has 0 saturated carbocycles. The van der Waals surface area contributed by atoms with E-state index in [0.29, 0.717) is 6.04 Å². The Hall–Kier alpha value is -1.02. The Balaban J connectivity index is 2.29. The van der Waals surface area contributed by atoms with E-state index < -0.39 is 0 Å². The largest absolute Gasteiger partial charge is 0.493 e. The van der Waals surface area contributed by atoms with Crippen LogP contribution in [0.15, 0.2) is 24.3 Å². The second-order valence-corrected chi connectivity index (χ2v) is 6.89. The van der Waals surface area contributed by atoms with Crippen LogP contribution in [0.2, 0.25) is 0 Å². The molecule has 0 bridgehead atoms. The van der Waals surface area contributed by atoms with Crippen molar-refractivity contribution in [1.82, 2.24) is 5.32 Å². The van der Waals surface area contributed by atoms with Gasteiger partial charge in [-0.2, -0.15) is 0 Å². The van der Waals surface area contributed by atoms with Crippen molar-refractivity contribution >= 4 is 0 Å². The summed E-state index contributed by atoms with van der Waals surface area (Å²) in [4.78, 5) is 0. The first-order chi connectivity index (χ1) is 11.8.